The molecule has 3 nitrogen and oxygen atoms in total. The van der Waals surface area contributed by atoms with Gasteiger partial charge >= 0.3 is 0 Å². The summed E-state index contributed by atoms with van der Waals surface area (Å²) in [6.07, 6.45) is 1.14. The Morgan fingerprint density at radius 1 is 1.41 bits per heavy atom. The molecule has 0 aliphatic carbocycles. The number of anilines is 1. The number of rotatable bonds is 6. The monoisotopic (exact) mass is 236 g/mol. The lowest BCUT2D eigenvalue weighted by molar-refractivity contribution is 0.404. The molecule has 0 heterocycles. The molecule has 0 fully saturated rings. The summed E-state index contributed by atoms with van der Waals surface area (Å²) in [4.78, 5) is 2.28. The first-order valence-corrected chi connectivity index (χ1v) is 6.21. The average Bonchev–Trinajstić information content (AvgIpc) is 2.37. The molecule has 17 heavy (non-hydrogen) atoms. The first kappa shape index (κ1) is 13.8. The number of benzene rings is 1. The fourth-order valence-electron chi connectivity index (χ4n) is 2.08. The zero-order valence-electron chi connectivity index (χ0n) is 11.6. The Balaban J connectivity index is 3.18. The zero-order chi connectivity index (χ0) is 12.8. The van der Waals surface area contributed by atoms with Gasteiger partial charge in [-0.15, -0.1) is 0 Å². The molecular weight excluding hydrogens is 212 g/mol. The summed E-state index contributed by atoms with van der Waals surface area (Å²) in [6.45, 7) is 5.40. The Morgan fingerprint density at radius 3 is 2.65 bits per heavy atom. The molecule has 1 atom stereocenters. The maximum atomic E-state index is 5.47. The van der Waals surface area contributed by atoms with Crippen LogP contribution >= 0.6 is 0 Å². The fraction of sp³-hybridized carbons (Fsp3) is 0.571. The van der Waals surface area contributed by atoms with Crippen LogP contribution in [0.15, 0.2) is 18.2 Å². The van der Waals surface area contributed by atoms with Crippen molar-refractivity contribution < 1.29 is 4.74 Å². The van der Waals surface area contributed by atoms with E-state index < -0.39 is 0 Å². The quantitative estimate of drug-likeness (QED) is 0.822. The zero-order valence-corrected chi connectivity index (χ0v) is 11.6. The van der Waals surface area contributed by atoms with Crippen LogP contribution in [0.3, 0.4) is 0 Å². The number of nitrogens with zero attached hydrogens (tertiary/aromatic N) is 1. The molecule has 1 unspecified atom stereocenters. The maximum absolute atomic E-state index is 5.47. The molecule has 0 aromatic heterocycles. The molecule has 0 bridgehead atoms. The molecule has 0 amide bonds. The summed E-state index contributed by atoms with van der Waals surface area (Å²) in [5, 5.41) is 3.29. The van der Waals surface area contributed by atoms with Crippen molar-refractivity contribution in [1.29, 1.82) is 0 Å². The van der Waals surface area contributed by atoms with Gasteiger partial charge in [0, 0.05) is 30.9 Å². The molecule has 1 aromatic rings. The predicted molar refractivity (Wildman–Crippen MR) is 74.0 cm³/mol. The van der Waals surface area contributed by atoms with Crippen LogP contribution in [0.4, 0.5) is 5.69 Å². The molecule has 0 radical (unpaired) electrons. The van der Waals surface area contributed by atoms with Crippen molar-refractivity contribution in [2.75, 3.05) is 32.6 Å². The van der Waals surface area contributed by atoms with E-state index in [0.717, 1.165) is 18.7 Å². The van der Waals surface area contributed by atoms with E-state index >= 15 is 0 Å². The normalized spacial score (nSPS) is 12.3. The first-order valence-electron chi connectivity index (χ1n) is 6.21. The lowest BCUT2D eigenvalue weighted by atomic mass is 10.0. The Morgan fingerprint density at radius 2 is 2.12 bits per heavy atom. The highest BCUT2D eigenvalue weighted by molar-refractivity contribution is 5.60. The third-order valence-corrected chi connectivity index (χ3v) is 3.10. The summed E-state index contributed by atoms with van der Waals surface area (Å²) in [6, 6.07) is 6.50. The van der Waals surface area contributed by atoms with Gasteiger partial charge in [-0.1, -0.05) is 13.0 Å². The van der Waals surface area contributed by atoms with Crippen LogP contribution in [0.5, 0.6) is 5.75 Å². The van der Waals surface area contributed by atoms with E-state index in [9.17, 15) is 0 Å². The van der Waals surface area contributed by atoms with Crippen LogP contribution < -0.4 is 15.0 Å². The van der Waals surface area contributed by atoms with Gasteiger partial charge in [-0.3, -0.25) is 0 Å². The number of hydrogen-bond acceptors (Lipinski definition) is 3. The van der Waals surface area contributed by atoms with Crippen LogP contribution in [0.25, 0.3) is 0 Å². The largest absolute Gasteiger partial charge is 0.496 e. The van der Waals surface area contributed by atoms with Crippen LogP contribution in [-0.4, -0.2) is 27.7 Å². The minimum atomic E-state index is 0.278. The van der Waals surface area contributed by atoms with Crippen LogP contribution in [0.1, 0.15) is 31.9 Å². The van der Waals surface area contributed by atoms with Crippen molar-refractivity contribution in [2.24, 2.45) is 0 Å². The minimum absolute atomic E-state index is 0.278. The van der Waals surface area contributed by atoms with Crippen molar-refractivity contribution >= 4 is 5.69 Å². The maximum Gasteiger partial charge on any atom is 0.125 e. The minimum Gasteiger partial charge on any atom is -0.496 e. The summed E-state index contributed by atoms with van der Waals surface area (Å²) >= 11 is 0. The van der Waals surface area contributed by atoms with E-state index in [4.69, 9.17) is 4.74 Å². The molecule has 1 aromatic carbocycles. The van der Waals surface area contributed by atoms with Gasteiger partial charge in [0.05, 0.1) is 7.11 Å². The fourth-order valence-corrected chi connectivity index (χ4v) is 2.08. The highest BCUT2D eigenvalue weighted by Crippen LogP contribution is 2.33. The molecule has 0 aliphatic rings. The third-order valence-electron chi connectivity index (χ3n) is 3.10. The van der Waals surface area contributed by atoms with Crippen LogP contribution in [-0.2, 0) is 0 Å². The smallest absolute Gasteiger partial charge is 0.125 e. The summed E-state index contributed by atoms with van der Waals surface area (Å²) < 4.78 is 5.47. The number of ether oxygens (including phenoxy) is 1. The van der Waals surface area contributed by atoms with Crippen molar-refractivity contribution in [3.8, 4) is 5.75 Å². The second-order valence-electron chi connectivity index (χ2n) is 4.32. The number of hydrogen-bond donors (Lipinski definition) is 1. The molecule has 0 saturated carbocycles. The predicted octanol–water partition coefficient (Wildman–Crippen LogP) is 2.82. The Hall–Kier alpha value is -1.22. The van der Waals surface area contributed by atoms with Gasteiger partial charge in [0.15, 0.2) is 0 Å². The number of methoxy groups -OCH3 is 1. The molecule has 0 aliphatic heterocycles. The van der Waals surface area contributed by atoms with E-state index in [0.29, 0.717) is 0 Å². The molecule has 0 saturated heterocycles. The molecule has 96 valence electrons. The van der Waals surface area contributed by atoms with Gasteiger partial charge in [-0.2, -0.15) is 0 Å². The summed E-state index contributed by atoms with van der Waals surface area (Å²) in [5.74, 6) is 0.951. The summed E-state index contributed by atoms with van der Waals surface area (Å²) in [7, 11) is 5.83. The van der Waals surface area contributed by atoms with Crippen molar-refractivity contribution in [3.63, 3.8) is 0 Å². The molecule has 1 rings (SSSR count). The van der Waals surface area contributed by atoms with Gasteiger partial charge < -0.3 is 15.0 Å². The molecule has 1 N–H and O–H groups in total. The van der Waals surface area contributed by atoms with Crippen molar-refractivity contribution in [3.05, 3.63) is 23.8 Å². The van der Waals surface area contributed by atoms with Crippen molar-refractivity contribution in [2.45, 2.75) is 26.3 Å². The van der Waals surface area contributed by atoms with Gasteiger partial charge in [-0.05, 0) is 32.5 Å². The van der Waals surface area contributed by atoms with Crippen molar-refractivity contribution in [1.82, 2.24) is 5.32 Å². The number of nitrogens with one attached hydrogen (secondary N) is 1. The average molecular weight is 236 g/mol. The second kappa shape index (κ2) is 6.50. The van der Waals surface area contributed by atoms with Gasteiger partial charge in [0.1, 0.15) is 5.75 Å². The highest BCUT2D eigenvalue weighted by Gasteiger charge is 2.16. The van der Waals surface area contributed by atoms with Gasteiger partial charge in [-0.25, -0.2) is 0 Å². The first-order chi connectivity index (χ1) is 8.15. The molecule has 3 heteroatoms. The highest BCUT2D eigenvalue weighted by atomic mass is 16.5. The Kier molecular flexibility index (Phi) is 5.29. The molecular formula is C14H24N2O. The molecule has 0 spiro atoms. The lowest BCUT2D eigenvalue weighted by Crippen LogP contribution is -2.23. The van der Waals surface area contributed by atoms with Crippen LogP contribution in [0.2, 0.25) is 0 Å². The Labute approximate surface area is 105 Å². The summed E-state index contributed by atoms with van der Waals surface area (Å²) in [5.41, 5.74) is 2.47. The standard InChI is InChI=1S/C14H24N2O/c1-6-10-16(4)12-8-7-9-13(17-5)14(12)11(2)15-3/h7-9,11,15H,6,10H2,1-5H3. The van der Waals surface area contributed by atoms with Crippen LogP contribution in [0, 0.1) is 0 Å². The van der Waals surface area contributed by atoms with E-state index in [1.807, 2.05) is 19.2 Å². The topological polar surface area (TPSA) is 24.5 Å². The Bertz CT molecular complexity index is 352. The lowest BCUT2D eigenvalue weighted by Gasteiger charge is -2.26. The van der Waals surface area contributed by atoms with E-state index in [1.165, 1.54) is 11.3 Å². The third kappa shape index (κ3) is 3.13. The van der Waals surface area contributed by atoms with E-state index in [2.05, 4.69) is 37.2 Å². The van der Waals surface area contributed by atoms with E-state index in [1.54, 1.807) is 7.11 Å². The van der Waals surface area contributed by atoms with Gasteiger partial charge in [0.25, 0.3) is 0 Å². The second-order valence-corrected chi connectivity index (χ2v) is 4.32. The SMILES string of the molecule is CCCN(C)c1cccc(OC)c1C(C)NC. The van der Waals surface area contributed by atoms with E-state index in [-0.39, 0.29) is 6.04 Å². The van der Waals surface area contributed by atoms with Gasteiger partial charge in [0.2, 0.25) is 0 Å².